The maximum atomic E-state index is 12.4. The van der Waals surface area contributed by atoms with Crippen LogP contribution in [0.4, 0.5) is 4.79 Å². The molecule has 1 aliphatic rings. The van der Waals surface area contributed by atoms with Gasteiger partial charge in [0.2, 0.25) is 0 Å². The van der Waals surface area contributed by atoms with E-state index in [2.05, 4.69) is 14.9 Å². The molecule has 1 fully saturated rings. The van der Waals surface area contributed by atoms with Gasteiger partial charge in [-0.05, 0) is 38.8 Å². The molecule has 2 aromatic rings. The van der Waals surface area contributed by atoms with Crippen molar-refractivity contribution in [3.05, 3.63) is 30.1 Å². The summed E-state index contributed by atoms with van der Waals surface area (Å²) in [4.78, 5) is 30.4. The van der Waals surface area contributed by atoms with E-state index in [1.165, 1.54) is 0 Å². The van der Waals surface area contributed by atoms with Gasteiger partial charge in [0.15, 0.2) is 0 Å². The van der Waals surface area contributed by atoms with Gasteiger partial charge in [-0.3, -0.25) is 4.79 Å². The average Bonchev–Trinajstić information content (AvgIpc) is 2.97. The van der Waals surface area contributed by atoms with Gasteiger partial charge in [0.1, 0.15) is 5.82 Å². The molecular formula is C19H26N4O3. The number of fused-ring (bicyclic) bond motifs is 1. The fraction of sp³-hybridized carbons (Fsp3) is 0.526. The molecule has 1 aromatic heterocycles. The summed E-state index contributed by atoms with van der Waals surface area (Å²) in [6.45, 7) is 6.58. The average molecular weight is 358 g/mol. The fourth-order valence-electron chi connectivity index (χ4n) is 3.44. The number of esters is 1. The summed E-state index contributed by atoms with van der Waals surface area (Å²) >= 11 is 0. The van der Waals surface area contributed by atoms with Gasteiger partial charge in [-0.15, -0.1) is 0 Å². The SMILES string of the molecule is CCOC(=O)C1CCN(C(=O)NCCn2c(C)nc3ccccc32)CC1. The first kappa shape index (κ1) is 18.2. The number of rotatable bonds is 5. The van der Waals surface area contributed by atoms with Crippen LogP contribution in [0, 0.1) is 12.8 Å². The van der Waals surface area contributed by atoms with Gasteiger partial charge in [0.25, 0.3) is 0 Å². The summed E-state index contributed by atoms with van der Waals surface area (Å²) in [6, 6.07) is 7.92. The highest BCUT2D eigenvalue weighted by atomic mass is 16.5. The van der Waals surface area contributed by atoms with E-state index in [0.717, 1.165) is 16.9 Å². The molecule has 7 heteroatoms. The number of urea groups is 1. The Bertz CT molecular complexity index is 778. The molecule has 0 bridgehead atoms. The van der Waals surface area contributed by atoms with E-state index >= 15 is 0 Å². The van der Waals surface area contributed by atoms with Crippen LogP contribution in [0.25, 0.3) is 11.0 Å². The zero-order valence-electron chi connectivity index (χ0n) is 15.4. The molecule has 1 saturated heterocycles. The van der Waals surface area contributed by atoms with E-state index in [0.29, 0.717) is 45.6 Å². The number of aryl methyl sites for hydroxylation is 1. The van der Waals surface area contributed by atoms with E-state index in [9.17, 15) is 9.59 Å². The van der Waals surface area contributed by atoms with Gasteiger partial charge in [-0.25, -0.2) is 9.78 Å². The molecule has 0 aliphatic carbocycles. The molecule has 2 heterocycles. The van der Waals surface area contributed by atoms with Crippen molar-refractivity contribution >= 4 is 23.0 Å². The Morgan fingerprint density at radius 3 is 2.73 bits per heavy atom. The van der Waals surface area contributed by atoms with Crippen molar-refractivity contribution in [3.63, 3.8) is 0 Å². The Kier molecular flexibility index (Phi) is 5.75. The van der Waals surface area contributed by atoms with Crippen LogP contribution < -0.4 is 5.32 Å². The first-order valence-electron chi connectivity index (χ1n) is 9.21. The van der Waals surface area contributed by atoms with Crippen molar-refractivity contribution in [2.45, 2.75) is 33.2 Å². The van der Waals surface area contributed by atoms with Crippen LogP contribution in [0.2, 0.25) is 0 Å². The van der Waals surface area contributed by atoms with Crippen LogP contribution in [-0.2, 0) is 16.1 Å². The summed E-state index contributed by atoms with van der Waals surface area (Å²) < 4.78 is 7.18. The van der Waals surface area contributed by atoms with Crippen molar-refractivity contribution < 1.29 is 14.3 Å². The normalized spacial score (nSPS) is 15.2. The van der Waals surface area contributed by atoms with E-state index < -0.39 is 0 Å². The number of ether oxygens (including phenoxy) is 1. The number of hydrogen-bond donors (Lipinski definition) is 1. The third-order valence-electron chi connectivity index (χ3n) is 4.86. The molecule has 7 nitrogen and oxygen atoms in total. The zero-order valence-corrected chi connectivity index (χ0v) is 15.4. The number of piperidine rings is 1. The lowest BCUT2D eigenvalue weighted by Crippen LogP contribution is -2.46. The Morgan fingerprint density at radius 2 is 2.00 bits per heavy atom. The predicted octanol–water partition coefficient (Wildman–Crippen LogP) is 2.33. The number of imidazole rings is 1. The summed E-state index contributed by atoms with van der Waals surface area (Å²) in [5, 5.41) is 2.97. The van der Waals surface area contributed by atoms with Crippen molar-refractivity contribution in [1.29, 1.82) is 0 Å². The lowest BCUT2D eigenvalue weighted by Gasteiger charge is -2.30. The van der Waals surface area contributed by atoms with Crippen molar-refractivity contribution in [3.8, 4) is 0 Å². The molecule has 0 unspecified atom stereocenters. The number of hydrogen-bond acceptors (Lipinski definition) is 4. The molecule has 3 rings (SSSR count). The minimum absolute atomic E-state index is 0.0746. The molecule has 0 atom stereocenters. The lowest BCUT2D eigenvalue weighted by molar-refractivity contribution is -0.149. The minimum Gasteiger partial charge on any atom is -0.466 e. The summed E-state index contributed by atoms with van der Waals surface area (Å²) in [5.74, 6) is 0.713. The number of para-hydroxylation sites is 2. The second-order valence-electron chi connectivity index (χ2n) is 6.54. The van der Waals surface area contributed by atoms with Crippen LogP contribution in [0.1, 0.15) is 25.6 Å². The highest BCUT2D eigenvalue weighted by molar-refractivity contribution is 5.77. The second kappa shape index (κ2) is 8.21. The maximum Gasteiger partial charge on any atom is 0.317 e. The molecular weight excluding hydrogens is 332 g/mol. The molecule has 2 amide bonds. The van der Waals surface area contributed by atoms with E-state index in [4.69, 9.17) is 4.74 Å². The fourth-order valence-corrected chi connectivity index (χ4v) is 3.44. The van der Waals surface area contributed by atoms with Gasteiger partial charge in [-0.1, -0.05) is 12.1 Å². The number of carbonyl (C=O) groups is 2. The van der Waals surface area contributed by atoms with Gasteiger partial charge < -0.3 is 19.5 Å². The Morgan fingerprint density at radius 1 is 1.27 bits per heavy atom. The van der Waals surface area contributed by atoms with Crippen LogP contribution in [0.15, 0.2) is 24.3 Å². The number of amides is 2. The topological polar surface area (TPSA) is 76.5 Å². The number of aromatic nitrogens is 2. The molecule has 0 spiro atoms. The maximum absolute atomic E-state index is 12.4. The summed E-state index contributed by atoms with van der Waals surface area (Å²) in [5.41, 5.74) is 2.05. The molecule has 0 saturated carbocycles. The number of likely N-dealkylation sites (tertiary alicyclic amines) is 1. The molecule has 0 radical (unpaired) electrons. The predicted molar refractivity (Wildman–Crippen MR) is 98.8 cm³/mol. The van der Waals surface area contributed by atoms with E-state index in [1.807, 2.05) is 38.1 Å². The highest BCUT2D eigenvalue weighted by Gasteiger charge is 2.28. The molecule has 1 aliphatic heterocycles. The van der Waals surface area contributed by atoms with E-state index in [1.54, 1.807) is 4.90 Å². The number of nitrogens with one attached hydrogen (secondary N) is 1. The Labute approximate surface area is 153 Å². The Hall–Kier alpha value is -2.57. The molecule has 26 heavy (non-hydrogen) atoms. The van der Waals surface area contributed by atoms with Gasteiger partial charge >= 0.3 is 12.0 Å². The largest absolute Gasteiger partial charge is 0.466 e. The minimum atomic E-state index is -0.144. The van der Waals surface area contributed by atoms with Crippen LogP contribution in [0.5, 0.6) is 0 Å². The van der Waals surface area contributed by atoms with Crippen molar-refractivity contribution in [2.24, 2.45) is 5.92 Å². The summed E-state index contributed by atoms with van der Waals surface area (Å²) in [7, 11) is 0. The number of nitrogens with zero attached hydrogens (tertiary/aromatic N) is 3. The van der Waals surface area contributed by atoms with Crippen molar-refractivity contribution in [2.75, 3.05) is 26.2 Å². The van der Waals surface area contributed by atoms with Crippen LogP contribution in [-0.4, -0.2) is 52.7 Å². The third kappa shape index (κ3) is 3.98. The standard InChI is InChI=1S/C19H26N4O3/c1-3-26-18(24)15-8-11-22(12-9-15)19(25)20-10-13-23-14(2)21-16-6-4-5-7-17(16)23/h4-7,15H,3,8-13H2,1-2H3,(H,20,25). The molecule has 1 aromatic carbocycles. The Balaban J connectivity index is 1.47. The first-order valence-corrected chi connectivity index (χ1v) is 9.21. The zero-order chi connectivity index (χ0) is 18.5. The molecule has 1 N–H and O–H groups in total. The van der Waals surface area contributed by atoms with Crippen LogP contribution in [0.3, 0.4) is 0 Å². The summed E-state index contributed by atoms with van der Waals surface area (Å²) in [6.07, 6.45) is 1.33. The van der Waals surface area contributed by atoms with Gasteiger partial charge in [0, 0.05) is 26.2 Å². The van der Waals surface area contributed by atoms with Crippen LogP contribution >= 0.6 is 0 Å². The lowest BCUT2D eigenvalue weighted by atomic mass is 9.97. The first-order chi connectivity index (χ1) is 12.6. The monoisotopic (exact) mass is 358 g/mol. The quantitative estimate of drug-likeness (QED) is 0.832. The van der Waals surface area contributed by atoms with E-state index in [-0.39, 0.29) is 17.9 Å². The highest BCUT2D eigenvalue weighted by Crippen LogP contribution is 2.19. The van der Waals surface area contributed by atoms with Gasteiger partial charge in [-0.2, -0.15) is 0 Å². The smallest absolute Gasteiger partial charge is 0.317 e. The second-order valence-corrected chi connectivity index (χ2v) is 6.54. The van der Waals surface area contributed by atoms with Crippen molar-refractivity contribution in [1.82, 2.24) is 19.8 Å². The number of benzene rings is 1. The third-order valence-corrected chi connectivity index (χ3v) is 4.86. The molecule has 140 valence electrons. The van der Waals surface area contributed by atoms with Gasteiger partial charge in [0.05, 0.1) is 23.6 Å². The number of carbonyl (C=O) groups excluding carboxylic acids is 2.